The van der Waals surface area contributed by atoms with E-state index in [1.165, 1.54) is 0 Å². The van der Waals surface area contributed by atoms with Crippen LogP contribution in [-0.4, -0.2) is 30.6 Å². The number of aromatic nitrogens is 1. The highest BCUT2D eigenvalue weighted by Crippen LogP contribution is 2.29. The summed E-state index contributed by atoms with van der Waals surface area (Å²) < 4.78 is 10.4. The van der Waals surface area contributed by atoms with Crippen molar-refractivity contribution in [2.45, 2.75) is 26.3 Å². The standard InChI is InChI=1S/C18H23N3O3/c1-18(2,3)21-13-6-8-14(19-11-13)17(22)20-12-7-9-15(23-4)16(10-12)24-5/h6-11,21H,1-5H3,(H,20,22). The van der Waals surface area contributed by atoms with Crippen LogP contribution in [0.2, 0.25) is 0 Å². The molecule has 0 aliphatic rings. The minimum Gasteiger partial charge on any atom is -0.493 e. The number of anilines is 2. The summed E-state index contributed by atoms with van der Waals surface area (Å²) in [5.41, 5.74) is 1.75. The van der Waals surface area contributed by atoms with E-state index in [0.717, 1.165) is 5.69 Å². The summed E-state index contributed by atoms with van der Waals surface area (Å²) in [5, 5.41) is 6.09. The van der Waals surface area contributed by atoms with E-state index in [2.05, 4.69) is 36.4 Å². The van der Waals surface area contributed by atoms with Crippen molar-refractivity contribution in [1.29, 1.82) is 0 Å². The second-order valence-electron chi connectivity index (χ2n) is 6.33. The largest absolute Gasteiger partial charge is 0.493 e. The second kappa shape index (κ2) is 7.21. The Balaban J connectivity index is 2.09. The van der Waals surface area contributed by atoms with Crippen LogP contribution in [0.25, 0.3) is 0 Å². The van der Waals surface area contributed by atoms with Gasteiger partial charge in [-0.25, -0.2) is 4.98 Å². The third kappa shape index (κ3) is 4.62. The average molecular weight is 329 g/mol. The lowest BCUT2D eigenvalue weighted by Crippen LogP contribution is -2.26. The molecule has 0 saturated heterocycles. The molecular weight excluding hydrogens is 306 g/mol. The van der Waals surface area contributed by atoms with Crippen LogP contribution in [0.1, 0.15) is 31.3 Å². The van der Waals surface area contributed by atoms with E-state index in [-0.39, 0.29) is 11.4 Å². The highest BCUT2D eigenvalue weighted by Gasteiger charge is 2.12. The number of hydrogen-bond acceptors (Lipinski definition) is 5. The molecule has 1 heterocycles. The molecule has 0 aliphatic heterocycles. The van der Waals surface area contributed by atoms with Gasteiger partial charge in [0.2, 0.25) is 0 Å². The van der Waals surface area contributed by atoms with Crippen LogP contribution in [0.15, 0.2) is 36.5 Å². The molecular formula is C18H23N3O3. The van der Waals surface area contributed by atoms with E-state index in [4.69, 9.17) is 9.47 Å². The summed E-state index contributed by atoms with van der Waals surface area (Å²) in [7, 11) is 3.11. The molecule has 0 spiro atoms. The number of rotatable bonds is 5. The highest BCUT2D eigenvalue weighted by atomic mass is 16.5. The quantitative estimate of drug-likeness (QED) is 0.877. The summed E-state index contributed by atoms with van der Waals surface area (Å²) in [6.45, 7) is 6.18. The Kier molecular flexibility index (Phi) is 5.28. The van der Waals surface area contributed by atoms with Crippen LogP contribution in [-0.2, 0) is 0 Å². The lowest BCUT2D eigenvalue weighted by Gasteiger charge is -2.21. The molecule has 2 aromatic rings. The molecule has 2 N–H and O–H groups in total. The van der Waals surface area contributed by atoms with Crippen LogP contribution < -0.4 is 20.1 Å². The molecule has 0 unspecified atom stereocenters. The Labute approximate surface area is 142 Å². The summed E-state index contributed by atoms with van der Waals surface area (Å²) >= 11 is 0. The lowest BCUT2D eigenvalue weighted by molar-refractivity contribution is 0.102. The molecule has 0 saturated carbocycles. The molecule has 24 heavy (non-hydrogen) atoms. The number of nitrogens with zero attached hydrogens (tertiary/aromatic N) is 1. The van der Waals surface area contributed by atoms with Crippen LogP contribution in [0, 0.1) is 0 Å². The molecule has 1 amide bonds. The average Bonchev–Trinajstić information content (AvgIpc) is 2.53. The maximum Gasteiger partial charge on any atom is 0.274 e. The van der Waals surface area contributed by atoms with Crippen molar-refractivity contribution < 1.29 is 14.3 Å². The van der Waals surface area contributed by atoms with Crippen molar-refractivity contribution in [2.75, 3.05) is 24.9 Å². The van der Waals surface area contributed by atoms with Gasteiger partial charge in [-0.2, -0.15) is 0 Å². The van der Waals surface area contributed by atoms with E-state index < -0.39 is 0 Å². The predicted molar refractivity (Wildman–Crippen MR) is 95.1 cm³/mol. The fraction of sp³-hybridized carbons (Fsp3) is 0.333. The number of amides is 1. The first kappa shape index (κ1) is 17.6. The number of carbonyl (C=O) groups is 1. The minimum atomic E-state index is -0.287. The Morgan fingerprint density at radius 3 is 2.21 bits per heavy atom. The van der Waals surface area contributed by atoms with Crippen molar-refractivity contribution in [2.24, 2.45) is 0 Å². The van der Waals surface area contributed by atoms with Crippen LogP contribution >= 0.6 is 0 Å². The van der Waals surface area contributed by atoms with Gasteiger partial charge in [0.1, 0.15) is 5.69 Å². The van der Waals surface area contributed by atoms with Crippen LogP contribution in [0.4, 0.5) is 11.4 Å². The molecule has 2 rings (SSSR count). The third-order valence-corrected chi connectivity index (χ3v) is 3.16. The zero-order valence-electron chi connectivity index (χ0n) is 14.6. The first-order chi connectivity index (χ1) is 11.3. The molecule has 1 aromatic heterocycles. The molecule has 6 nitrogen and oxygen atoms in total. The number of carbonyl (C=O) groups excluding carboxylic acids is 1. The van der Waals surface area contributed by atoms with Gasteiger partial charge < -0.3 is 20.1 Å². The van der Waals surface area contributed by atoms with Crippen LogP contribution in [0.5, 0.6) is 11.5 Å². The van der Waals surface area contributed by atoms with Gasteiger partial charge in [0, 0.05) is 17.3 Å². The number of nitrogens with one attached hydrogen (secondary N) is 2. The fourth-order valence-corrected chi connectivity index (χ4v) is 2.14. The molecule has 0 bridgehead atoms. The first-order valence-corrected chi connectivity index (χ1v) is 7.60. The van der Waals surface area contributed by atoms with E-state index in [0.29, 0.717) is 22.9 Å². The number of methoxy groups -OCH3 is 2. The highest BCUT2D eigenvalue weighted by molar-refractivity contribution is 6.03. The molecule has 1 aromatic carbocycles. The fourth-order valence-electron chi connectivity index (χ4n) is 2.14. The Morgan fingerprint density at radius 2 is 1.67 bits per heavy atom. The minimum absolute atomic E-state index is 0.0644. The van der Waals surface area contributed by atoms with E-state index >= 15 is 0 Å². The van der Waals surface area contributed by atoms with Gasteiger partial charge in [-0.3, -0.25) is 4.79 Å². The maximum absolute atomic E-state index is 12.3. The van der Waals surface area contributed by atoms with Crippen molar-refractivity contribution in [3.8, 4) is 11.5 Å². The number of pyridine rings is 1. The molecule has 0 fully saturated rings. The molecule has 0 aliphatic carbocycles. The molecule has 0 radical (unpaired) electrons. The first-order valence-electron chi connectivity index (χ1n) is 7.60. The number of hydrogen-bond donors (Lipinski definition) is 2. The van der Waals surface area contributed by atoms with Crippen LogP contribution in [0.3, 0.4) is 0 Å². The van der Waals surface area contributed by atoms with Gasteiger partial charge in [0.05, 0.1) is 26.1 Å². The van der Waals surface area contributed by atoms with Crippen molar-refractivity contribution >= 4 is 17.3 Å². The zero-order valence-corrected chi connectivity index (χ0v) is 14.6. The van der Waals surface area contributed by atoms with Gasteiger partial charge >= 0.3 is 0 Å². The lowest BCUT2D eigenvalue weighted by atomic mass is 10.1. The van der Waals surface area contributed by atoms with Crippen molar-refractivity contribution in [1.82, 2.24) is 4.98 Å². The number of benzene rings is 1. The Hall–Kier alpha value is -2.76. The molecule has 6 heteroatoms. The molecule has 0 atom stereocenters. The van der Waals surface area contributed by atoms with Gasteiger partial charge in [-0.15, -0.1) is 0 Å². The maximum atomic E-state index is 12.3. The Morgan fingerprint density at radius 1 is 1.00 bits per heavy atom. The number of ether oxygens (including phenoxy) is 2. The summed E-state index contributed by atoms with van der Waals surface area (Å²) in [6, 6.07) is 8.70. The monoisotopic (exact) mass is 329 g/mol. The van der Waals surface area contributed by atoms with Gasteiger partial charge in [-0.05, 0) is 45.0 Å². The third-order valence-electron chi connectivity index (χ3n) is 3.16. The normalized spacial score (nSPS) is 10.9. The van der Waals surface area contributed by atoms with E-state index in [9.17, 15) is 4.79 Å². The van der Waals surface area contributed by atoms with Crippen molar-refractivity contribution in [3.63, 3.8) is 0 Å². The zero-order chi connectivity index (χ0) is 17.7. The summed E-state index contributed by atoms with van der Waals surface area (Å²) in [4.78, 5) is 16.5. The van der Waals surface area contributed by atoms with E-state index in [1.54, 1.807) is 44.7 Å². The van der Waals surface area contributed by atoms with Gasteiger partial charge in [0.15, 0.2) is 11.5 Å². The smallest absolute Gasteiger partial charge is 0.274 e. The second-order valence-corrected chi connectivity index (χ2v) is 6.33. The summed E-state index contributed by atoms with van der Waals surface area (Å²) in [5.74, 6) is 0.865. The SMILES string of the molecule is COc1ccc(NC(=O)c2ccc(NC(C)(C)C)cn2)cc1OC. The van der Waals surface area contributed by atoms with Gasteiger partial charge in [-0.1, -0.05) is 0 Å². The van der Waals surface area contributed by atoms with Gasteiger partial charge in [0.25, 0.3) is 5.91 Å². The Bertz CT molecular complexity index is 706. The topological polar surface area (TPSA) is 72.5 Å². The summed E-state index contributed by atoms with van der Waals surface area (Å²) in [6.07, 6.45) is 1.65. The van der Waals surface area contributed by atoms with Crippen molar-refractivity contribution in [3.05, 3.63) is 42.2 Å². The molecule has 128 valence electrons. The van der Waals surface area contributed by atoms with E-state index in [1.807, 2.05) is 6.07 Å². The predicted octanol–water partition coefficient (Wildman–Crippen LogP) is 3.56.